The molecule has 0 radical (unpaired) electrons. The molecule has 0 aliphatic heterocycles. The number of hydrogen-bond donors (Lipinski definition) is 1. The lowest BCUT2D eigenvalue weighted by Gasteiger charge is -2.16. The summed E-state index contributed by atoms with van der Waals surface area (Å²) < 4.78 is 6.22. The van der Waals surface area contributed by atoms with Crippen molar-refractivity contribution in [1.29, 1.82) is 0 Å². The molecule has 0 unspecified atom stereocenters. The molecule has 0 aliphatic rings. The third-order valence-corrected chi connectivity index (χ3v) is 9.05. The number of benzene rings is 7. The van der Waals surface area contributed by atoms with Gasteiger partial charge in [0.2, 0.25) is 0 Å². The lowest BCUT2D eigenvalue weighted by molar-refractivity contribution is 0.478. The van der Waals surface area contributed by atoms with E-state index in [1.807, 2.05) is 127 Å². The summed E-state index contributed by atoms with van der Waals surface area (Å²) in [5, 5.41) is 13.9. The molecule has 50 heavy (non-hydrogen) atoms. The number of furan rings is 1. The Morgan fingerprint density at radius 1 is 0.380 bits per heavy atom. The van der Waals surface area contributed by atoms with Crippen LogP contribution in [-0.4, -0.2) is 20.1 Å². The molecule has 7 aromatic carbocycles. The van der Waals surface area contributed by atoms with Crippen molar-refractivity contribution >= 4 is 21.9 Å². The molecule has 0 bridgehead atoms. The van der Waals surface area contributed by atoms with E-state index in [4.69, 9.17) is 19.4 Å². The van der Waals surface area contributed by atoms with Gasteiger partial charge in [-0.2, -0.15) is 0 Å². The Bertz CT molecular complexity index is 2630. The second kappa shape index (κ2) is 12.3. The van der Waals surface area contributed by atoms with Gasteiger partial charge in [-0.05, 0) is 52.1 Å². The summed E-state index contributed by atoms with van der Waals surface area (Å²) in [5.41, 5.74) is 9.54. The number of rotatable bonds is 6. The average Bonchev–Trinajstić information content (AvgIpc) is 3.58. The minimum absolute atomic E-state index is 0.129. The van der Waals surface area contributed by atoms with Crippen molar-refractivity contribution in [2.24, 2.45) is 0 Å². The molecule has 2 heterocycles. The molecule has 5 heteroatoms. The molecule has 0 saturated heterocycles. The van der Waals surface area contributed by atoms with Gasteiger partial charge < -0.3 is 9.52 Å². The maximum absolute atomic E-state index is 11.9. The van der Waals surface area contributed by atoms with Gasteiger partial charge in [-0.3, -0.25) is 0 Å². The van der Waals surface area contributed by atoms with Crippen LogP contribution in [0, 0.1) is 0 Å². The molecule has 0 saturated carbocycles. The van der Waals surface area contributed by atoms with Gasteiger partial charge in [0.1, 0.15) is 16.9 Å². The smallest absolute Gasteiger partial charge is 0.164 e. The summed E-state index contributed by atoms with van der Waals surface area (Å²) in [5.74, 6) is 1.68. The molecule has 2 aromatic heterocycles. The molecule has 0 atom stereocenters. The molecule has 236 valence electrons. The number of hydrogen-bond acceptors (Lipinski definition) is 5. The zero-order valence-corrected chi connectivity index (χ0v) is 26.9. The van der Waals surface area contributed by atoms with Crippen molar-refractivity contribution in [3.8, 4) is 73.3 Å². The van der Waals surface area contributed by atoms with E-state index in [9.17, 15) is 5.11 Å². The topological polar surface area (TPSA) is 72.0 Å². The maximum Gasteiger partial charge on any atom is 0.164 e. The van der Waals surface area contributed by atoms with Gasteiger partial charge >= 0.3 is 0 Å². The van der Waals surface area contributed by atoms with E-state index < -0.39 is 0 Å². The zero-order chi connectivity index (χ0) is 33.4. The Morgan fingerprint density at radius 3 is 1.60 bits per heavy atom. The molecular formula is C45H29N3O2. The lowest BCUT2D eigenvalue weighted by atomic mass is 9.91. The molecule has 0 amide bonds. The van der Waals surface area contributed by atoms with Crippen molar-refractivity contribution in [3.05, 3.63) is 170 Å². The maximum atomic E-state index is 11.9. The number of fused-ring (bicyclic) bond motifs is 3. The van der Waals surface area contributed by atoms with Crippen LogP contribution in [0.4, 0.5) is 0 Å². The molecule has 9 aromatic rings. The molecule has 0 spiro atoms. The second-order valence-electron chi connectivity index (χ2n) is 12.2. The third kappa shape index (κ3) is 5.27. The fourth-order valence-corrected chi connectivity index (χ4v) is 6.67. The summed E-state index contributed by atoms with van der Waals surface area (Å²) in [6, 6.07) is 56.3. The first-order valence-corrected chi connectivity index (χ1v) is 16.5. The van der Waals surface area contributed by atoms with Crippen LogP contribution in [0.5, 0.6) is 5.75 Å². The summed E-state index contributed by atoms with van der Waals surface area (Å²) in [6.07, 6.45) is 0. The van der Waals surface area contributed by atoms with Crippen LogP contribution in [-0.2, 0) is 0 Å². The largest absolute Gasteiger partial charge is 0.507 e. The Balaban J connectivity index is 1.28. The highest BCUT2D eigenvalue weighted by Gasteiger charge is 2.21. The highest BCUT2D eigenvalue weighted by molar-refractivity contribution is 6.12. The van der Waals surface area contributed by atoms with Crippen LogP contribution in [0.2, 0.25) is 0 Å². The number of phenolic OH excluding ortho intramolecular Hbond substituents is 1. The Kier molecular flexibility index (Phi) is 7.21. The highest BCUT2D eigenvalue weighted by atomic mass is 16.3. The van der Waals surface area contributed by atoms with Gasteiger partial charge in [-0.15, -0.1) is 0 Å². The van der Waals surface area contributed by atoms with Crippen LogP contribution >= 0.6 is 0 Å². The third-order valence-electron chi connectivity index (χ3n) is 9.05. The Labute approximate surface area is 288 Å². The average molecular weight is 644 g/mol. The van der Waals surface area contributed by atoms with E-state index in [0.29, 0.717) is 28.6 Å². The number of phenols is 1. The van der Waals surface area contributed by atoms with Crippen molar-refractivity contribution in [2.75, 3.05) is 0 Å². The first-order chi connectivity index (χ1) is 24.7. The normalized spacial score (nSPS) is 11.3. The lowest BCUT2D eigenvalue weighted by Crippen LogP contribution is -2.01. The van der Waals surface area contributed by atoms with Crippen LogP contribution in [0.25, 0.3) is 89.5 Å². The van der Waals surface area contributed by atoms with E-state index in [1.165, 1.54) is 0 Å². The standard InChI is InChI=1S/C45H29N3O2/c49-38-28-34(35-20-12-22-40-42(35)36-19-10-11-21-39(36)50-40)27-37(41(38)31-15-6-2-7-16-31)45-47-43(32-17-8-3-9-18-32)46-44(48-45)33-25-23-30(24-26-33)29-13-4-1-5-14-29/h1-28,49H. The van der Waals surface area contributed by atoms with E-state index in [2.05, 4.69) is 42.5 Å². The Morgan fingerprint density at radius 2 is 0.900 bits per heavy atom. The quantitative estimate of drug-likeness (QED) is 0.195. The van der Waals surface area contributed by atoms with Crippen LogP contribution in [0.3, 0.4) is 0 Å². The number of nitrogens with zero attached hydrogens (tertiary/aromatic N) is 3. The van der Waals surface area contributed by atoms with Gasteiger partial charge in [0, 0.05) is 33.0 Å². The van der Waals surface area contributed by atoms with Gasteiger partial charge in [0.15, 0.2) is 17.5 Å². The van der Waals surface area contributed by atoms with Crippen LogP contribution in [0.15, 0.2) is 174 Å². The number of aromatic nitrogens is 3. The monoisotopic (exact) mass is 643 g/mol. The first kappa shape index (κ1) is 29.3. The fourth-order valence-electron chi connectivity index (χ4n) is 6.67. The SMILES string of the molecule is Oc1cc(-c2cccc3oc4ccccc4c23)cc(-c2nc(-c3ccccc3)nc(-c3ccc(-c4ccccc4)cc3)n2)c1-c1ccccc1. The van der Waals surface area contributed by atoms with Gasteiger partial charge in [-0.1, -0.05) is 146 Å². The molecule has 9 rings (SSSR count). The van der Waals surface area contributed by atoms with Crippen molar-refractivity contribution < 1.29 is 9.52 Å². The summed E-state index contributed by atoms with van der Waals surface area (Å²) in [4.78, 5) is 15.2. The Hall–Kier alpha value is -6.85. The molecule has 1 N–H and O–H groups in total. The van der Waals surface area contributed by atoms with E-state index in [1.54, 1.807) is 0 Å². The van der Waals surface area contributed by atoms with E-state index >= 15 is 0 Å². The first-order valence-electron chi connectivity index (χ1n) is 16.5. The van der Waals surface area contributed by atoms with Crippen LogP contribution in [0.1, 0.15) is 0 Å². The fraction of sp³-hybridized carbons (Fsp3) is 0. The predicted molar refractivity (Wildman–Crippen MR) is 201 cm³/mol. The number of para-hydroxylation sites is 1. The predicted octanol–water partition coefficient (Wildman–Crippen LogP) is 11.5. The van der Waals surface area contributed by atoms with Gasteiger partial charge in [-0.25, -0.2) is 15.0 Å². The molecule has 5 nitrogen and oxygen atoms in total. The van der Waals surface area contributed by atoms with Crippen molar-refractivity contribution in [2.45, 2.75) is 0 Å². The second-order valence-corrected chi connectivity index (χ2v) is 12.2. The van der Waals surface area contributed by atoms with E-state index in [-0.39, 0.29) is 5.75 Å². The van der Waals surface area contributed by atoms with Crippen molar-refractivity contribution in [3.63, 3.8) is 0 Å². The summed E-state index contributed by atoms with van der Waals surface area (Å²) in [6.45, 7) is 0. The summed E-state index contributed by atoms with van der Waals surface area (Å²) in [7, 11) is 0. The van der Waals surface area contributed by atoms with E-state index in [0.717, 1.165) is 60.9 Å². The molecular weight excluding hydrogens is 615 g/mol. The van der Waals surface area contributed by atoms with Gasteiger partial charge in [0.25, 0.3) is 0 Å². The zero-order valence-electron chi connectivity index (χ0n) is 26.9. The molecule has 0 fully saturated rings. The highest BCUT2D eigenvalue weighted by Crippen LogP contribution is 2.44. The number of aromatic hydroxyl groups is 1. The van der Waals surface area contributed by atoms with Crippen LogP contribution < -0.4 is 0 Å². The van der Waals surface area contributed by atoms with Gasteiger partial charge in [0.05, 0.1) is 0 Å². The minimum Gasteiger partial charge on any atom is -0.507 e. The molecule has 0 aliphatic carbocycles. The van der Waals surface area contributed by atoms with Crippen molar-refractivity contribution in [1.82, 2.24) is 15.0 Å². The minimum atomic E-state index is 0.129. The summed E-state index contributed by atoms with van der Waals surface area (Å²) >= 11 is 0.